The number of nitrogens with one attached hydrogen (secondary N) is 1. The number of nitrogens with zero attached hydrogens (tertiary/aromatic N) is 2. The molecule has 2 aliphatic rings. The molecule has 0 fully saturated rings. The Morgan fingerprint density at radius 3 is 2.86 bits per heavy atom. The monoisotopic (exact) mass is 408 g/mol. The molecule has 1 atom stereocenters. The Labute approximate surface area is 173 Å². The topological polar surface area (TPSA) is 97.2 Å². The predicted octanol–water partition coefficient (Wildman–Crippen LogP) is 5.02. The largest absolute Gasteiger partial charge is 0.507 e. The van der Waals surface area contributed by atoms with Gasteiger partial charge in [0.2, 0.25) is 0 Å². The van der Waals surface area contributed by atoms with Gasteiger partial charge in [-0.15, -0.1) is 0 Å². The van der Waals surface area contributed by atoms with Gasteiger partial charge in [-0.2, -0.15) is 0 Å². The first kappa shape index (κ1) is 19.2. The molecule has 1 aliphatic carbocycles. The van der Waals surface area contributed by atoms with Crippen molar-refractivity contribution < 1.29 is 9.52 Å². The lowest BCUT2D eigenvalue weighted by atomic mass is 10.0. The maximum Gasteiger partial charge on any atom is 0.163 e. The number of phenolic OH excluding ortho intramolecular Hbond substituents is 1. The van der Waals surface area contributed by atoms with Gasteiger partial charge in [-0.25, -0.2) is 9.97 Å². The van der Waals surface area contributed by atoms with Crippen molar-refractivity contribution in [2.75, 3.05) is 11.9 Å². The van der Waals surface area contributed by atoms with E-state index in [1.165, 1.54) is 6.07 Å². The number of aromatic hydroxyl groups is 1. The number of anilines is 1. The lowest BCUT2D eigenvalue weighted by Gasteiger charge is -2.15. The quantitative estimate of drug-likeness (QED) is 0.414. The predicted molar refractivity (Wildman–Crippen MR) is 115 cm³/mol. The summed E-state index contributed by atoms with van der Waals surface area (Å²) >= 11 is 6.08. The molecular weight excluding hydrogens is 388 g/mol. The zero-order valence-corrected chi connectivity index (χ0v) is 16.6. The first-order valence-corrected chi connectivity index (χ1v) is 9.75. The van der Waals surface area contributed by atoms with Gasteiger partial charge in [0.05, 0.1) is 23.2 Å². The zero-order chi connectivity index (χ0) is 20.4. The van der Waals surface area contributed by atoms with Crippen LogP contribution in [0.1, 0.15) is 13.3 Å². The van der Waals surface area contributed by atoms with Crippen LogP contribution in [0.2, 0.25) is 5.02 Å². The average molecular weight is 409 g/mol. The second-order valence-corrected chi connectivity index (χ2v) is 7.28. The molecule has 2 aromatic rings. The van der Waals surface area contributed by atoms with Crippen molar-refractivity contribution in [1.29, 1.82) is 0 Å². The third-order valence-corrected chi connectivity index (χ3v) is 5.08. The van der Waals surface area contributed by atoms with E-state index in [2.05, 4.69) is 22.2 Å². The van der Waals surface area contributed by atoms with Crippen molar-refractivity contribution in [1.82, 2.24) is 9.97 Å². The van der Waals surface area contributed by atoms with E-state index in [0.717, 1.165) is 34.5 Å². The highest BCUT2D eigenvalue weighted by Crippen LogP contribution is 2.41. The smallest absolute Gasteiger partial charge is 0.163 e. The molecule has 4 rings (SSSR count). The molecule has 1 aromatic carbocycles. The normalized spacial score (nSPS) is 12.2. The van der Waals surface area contributed by atoms with Crippen LogP contribution in [0.4, 0.5) is 5.69 Å². The van der Waals surface area contributed by atoms with E-state index in [-0.39, 0.29) is 11.8 Å². The molecule has 0 amide bonds. The standard InChI is InChI=1S/C22H21ClN4O2/c1-2-15(24)10-26-19-12-29-11-13-3-5-16(21(13)19)18-7-8-25-22(27-18)17-9-14(23)4-6-20(17)28/h3-9,11-12,15,26,28H,2,10,24H2,1H3/t15-/m1/s1. The summed E-state index contributed by atoms with van der Waals surface area (Å²) in [6, 6.07) is 10.7. The Morgan fingerprint density at radius 1 is 1.17 bits per heavy atom. The van der Waals surface area contributed by atoms with Gasteiger partial charge in [0, 0.05) is 40.5 Å². The summed E-state index contributed by atoms with van der Waals surface area (Å²) in [5.74, 6) is 0.480. The molecule has 6 nitrogen and oxygen atoms in total. The van der Waals surface area contributed by atoms with E-state index in [4.69, 9.17) is 21.8 Å². The van der Waals surface area contributed by atoms with E-state index in [1.54, 1.807) is 30.9 Å². The van der Waals surface area contributed by atoms with Crippen LogP contribution in [0.15, 0.2) is 59.5 Å². The molecule has 7 heteroatoms. The summed E-state index contributed by atoms with van der Waals surface area (Å²) in [6.45, 7) is 2.69. The summed E-state index contributed by atoms with van der Waals surface area (Å²) in [5, 5.41) is 14.1. The van der Waals surface area contributed by atoms with Gasteiger partial charge < -0.3 is 20.6 Å². The molecule has 1 aromatic heterocycles. The highest BCUT2D eigenvalue weighted by Gasteiger charge is 2.19. The van der Waals surface area contributed by atoms with Crippen LogP contribution < -0.4 is 11.1 Å². The van der Waals surface area contributed by atoms with Crippen LogP contribution in [0.25, 0.3) is 33.8 Å². The molecule has 0 saturated carbocycles. The van der Waals surface area contributed by atoms with Gasteiger partial charge in [-0.1, -0.05) is 30.7 Å². The Hall–Kier alpha value is -3.09. The van der Waals surface area contributed by atoms with Gasteiger partial charge in [-0.05, 0) is 30.7 Å². The fourth-order valence-electron chi connectivity index (χ4n) is 3.18. The Bertz CT molecular complexity index is 1110. The molecule has 1 aliphatic heterocycles. The lowest BCUT2D eigenvalue weighted by molar-refractivity contribution is 0.477. The number of aromatic nitrogens is 2. The van der Waals surface area contributed by atoms with Gasteiger partial charge in [0.1, 0.15) is 12.0 Å². The van der Waals surface area contributed by atoms with Crippen molar-refractivity contribution >= 4 is 17.3 Å². The van der Waals surface area contributed by atoms with Gasteiger partial charge >= 0.3 is 0 Å². The summed E-state index contributed by atoms with van der Waals surface area (Å²) in [7, 11) is 0. The van der Waals surface area contributed by atoms with Crippen LogP contribution in [-0.4, -0.2) is 27.7 Å². The van der Waals surface area contributed by atoms with Crippen molar-refractivity contribution in [3.63, 3.8) is 0 Å². The van der Waals surface area contributed by atoms with E-state index >= 15 is 0 Å². The SMILES string of the molecule is CC[C@@H](N)CNc1cocc2ccc(-c3ccnc(-c4cc(Cl)ccc4O)n3)c1-2. The number of rotatable bonds is 6. The summed E-state index contributed by atoms with van der Waals surface area (Å²) in [5.41, 5.74) is 11.0. The van der Waals surface area contributed by atoms with Crippen molar-refractivity contribution in [3.05, 3.63) is 60.1 Å². The molecule has 0 bridgehead atoms. The molecule has 29 heavy (non-hydrogen) atoms. The number of fused-ring (bicyclic) bond motifs is 1. The molecule has 0 unspecified atom stereocenters. The number of hydrogen-bond donors (Lipinski definition) is 3. The van der Waals surface area contributed by atoms with Crippen molar-refractivity contribution in [3.8, 4) is 39.5 Å². The fraction of sp³-hybridized carbons (Fsp3) is 0.182. The van der Waals surface area contributed by atoms with Crippen molar-refractivity contribution in [2.45, 2.75) is 19.4 Å². The van der Waals surface area contributed by atoms with Crippen LogP contribution in [0, 0.1) is 0 Å². The Kier molecular flexibility index (Phi) is 5.38. The first-order chi connectivity index (χ1) is 14.1. The number of benzene rings is 1. The summed E-state index contributed by atoms with van der Waals surface area (Å²) < 4.78 is 5.47. The van der Waals surface area contributed by atoms with E-state index in [9.17, 15) is 5.11 Å². The van der Waals surface area contributed by atoms with Crippen LogP contribution in [0.3, 0.4) is 0 Å². The lowest BCUT2D eigenvalue weighted by Crippen LogP contribution is -2.28. The number of halogens is 1. The second kappa shape index (κ2) is 8.11. The van der Waals surface area contributed by atoms with E-state index in [1.807, 2.05) is 18.2 Å². The highest BCUT2D eigenvalue weighted by atomic mass is 35.5. The minimum Gasteiger partial charge on any atom is -0.507 e. The van der Waals surface area contributed by atoms with Gasteiger partial charge in [0.25, 0.3) is 0 Å². The van der Waals surface area contributed by atoms with Gasteiger partial charge in [-0.3, -0.25) is 0 Å². The maximum absolute atomic E-state index is 10.2. The minimum atomic E-state index is 0.0557. The number of phenols is 1. The highest BCUT2D eigenvalue weighted by molar-refractivity contribution is 6.30. The van der Waals surface area contributed by atoms with Gasteiger partial charge in [0.15, 0.2) is 5.82 Å². The Balaban J connectivity index is 1.76. The van der Waals surface area contributed by atoms with Crippen LogP contribution in [-0.2, 0) is 0 Å². The fourth-order valence-corrected chi connectivity index (χ4v) is 3.36. The average Bonchev–Trinajstić information content (AvgIpc) is 3.18. The molecular formula is C22H21ClN4O2. The molecule has 2 heterocycles. The van der Waals surface area contributed by atoms with E-state index < -0.39 is 0 Å². The number of nitrogens with two attached hydrogens (primary N) is 1. The minimum absolute atomic E-state index is 0.0557. The molecule has 148 valence electrons. The zero-order valence-electron chi connectivity index (χ0n) is 15.9. The first-order valence-electron chi connectivity index (χ1n) is 9.37. The van der Waals surface area contributed by atoms with E-state index in [0.29, 0.717) is 23.0 Å². The maximum atomic E-state index is 10.2. The third kappa shape index (κ3) is 3.90. The van der Waals surface area contributed by atoms with Crippen LogP contribution in [0.5, 0.6) is 5.75 Å². The second-order valence-electron chi connectivity index (χ2n) is 6.84. The molecule has 4 N–H and O–H groups in total. The summed E-state index contributed by atoms with van der Waals surface area (Å²) in [6.07, 6.45) is 5.93. The van der Waals surface area contributed by atoms with Crippen LogP contribution >= 0.6 is 11.6 Å². The summed E-state index contributed by atoms with van der Waals surface area (Å²) in [4.78, 5) is 8.99. The third-order valence-electron chi connectivity index (χ3n) is 4.85. The number of hydrogen-bond acceptors (Lipinski definition) is 6. The molecule has 0 spiro atoms. The van der Waals surface area contributed by atoms with Crippen molar-refractivity contribution in [2.24, 2.45) is 5.73 Å². The Morgan fingerprint density at radius 2 is 2.03 bits per heavy atom. The molecule has 0 saturated heterocycles. The molecule has 0 radical (unpaired) electrons.